The summed E-state index contributed by atoms with van der Waals surface area (Å²) in [6.07, 6.45) is 5.04. The molecule has 5 rings (SSSR count). The number of nitrogens with two attached hydrogens (primary N) is 1. The standard InChI is InChI=1S/C26H25N7O4/c1-5-22(34)33-13-18(10-21(33)26-31-30-15(2)37-26)32-12-17(23-24(27)28-14-29-25(23)32)7-6-16-8-19(35-3)11-20(9-16)36-4/h5,8-12,18,28H,1,13-14,27H2,2-4H3/t18-/m0/s1. The highest BCUT2D eigenvalue weighted by molar-refractivity contribution is 5.94. The fourth-order valence-electron chi connectivity index (χ4n) is 4.28. The second-order valence-electron chi connectivity index (χ2n) is 8.31. The van der Waals surface area contributed by atoms with E-state index in [4.69, 9.17) is 19.6 Å². The number of nitrogens with one attached hydrogen (secondary N) is 1. The van der Waals surface area contributed by atoms with E-state index in [0.29, 0.717) is 58.4 Å². The Morgan fingerprint density at radius 1 is 1.24 bits per heavy atom. The number of benzene rings is 1. The van der Waals surface area contributed by atoms with Crippen molar-refractivity contribution in [2.75, 3.05) is 27.4 Å². The summed E-state index contributed by atoms with van der Waals surface area (Å²) in [5.74, 6) is 8.52. The number of amides is 1. The summed E-state index contributed by atoms with van der Waals surface area (Å²) >= 11 is 0. The molecule has 0 fully saturated rings. The van der Waals surface area contributed by atoms with Gasteiger partial charge in [-0.05, 0) is 24.3 Å². The lowest BCUT2D eigenvalue weighted by Crippen LogP contribution is -2.44. The van der Waals surface area contributed by atoms with Crippen LogP contribution in [-0.4, -0.2) is 53.0 Å². The number of carbonyl (C=O) groups excluding carboxylic acids is 1. The second-order valence-corrected chi connectivity index (χ2v) is 8.31. The molecule has 4 heterocycles. The van der Waals surface area contributed by atoms with Crippen molar-refractivity contribution in [3.63, 3.8) is 0 Å². The highest BCUT2D eigenvalue weighted by Gasteiger charge is 2.33. The van der Waals surface area contributed by atoms with E-state index in [1.807, 2.05) is 29.0 Å². The molecule has 0 aliphatic carbocycles. The van der Waals surface area contributed by atoms with Crippen molar-refractivity contribution in [1.29, 1.82) is 0 Å². The summed E-state index contributed by atoms with van der Waals surface area (Å²) in [5.41, 5.74) is 8.92. The first-order valence-corrected chi connectivity index (χ1v) is 11.4. The van der Waals surface area contributed by atoms with Gasteiger partial charge in [0.2, 0.25) is 5.89 Å². The van der Waals surface area contributed by atoms with E-state index in [2.05, 4.69) is 38.9 Å². The predicted molar refractivity (Wildman–Crippen MR) is 134 cm³/mol. The molecule has 2 aliphatic rings. The van der Waals surface area contributed by atoms with Gasteiger partial charge in [-0.2, -0.15) is 0 Å². The van der Waals surface area contributed by atoms with Gasteiger partial charge < -0.3 is 34.4 Å². The SMILES string of the molecule is C=CC(=O)N1C[C@@H](n2cc(C#Cc3cc(OC)cc(OC)c3)c3c2=NCNC=3N)C=C1c1nnc(C)o1. The Kier molecular flexibility index (Phi) is 6.15. The summed E-state index contributed by atoms with van der Waals surface area (Å²) in [4.78, 5) is 18.9. The van der Waals surface area contributed by atoms with Gasteiger partial charge >= 0.3 is 0 Å². The minimum Gasteiger partial charge on any atom is -0.497 e. The summed E-state index contributed by atoms with van der Waals surface area (Å²) in [7, 11) is 3.18. The number of fused-ring (bicyclic) bond motifs is 1. The van der Waals surface area contributed by atoms with Gasteiger partial charge in [0.25, 0.3) is 11.8 Å². The van der Waals surface area contributed by atoms with Crippen LogP contribution in [0.25, 0.3) is 11.5 Å². The van der Waals surface area contributed by atoms with Crippen LogP contribution in [0.15, 0.2) is 52.5 Å². The van der Waals surface area contributed by atoms with Crippen LogP contribution in [0.5, 0.6) is 11.5 Å². The summed E-state index contributed by atoms with van der Waals surface area (Å²) < 4.78 is 18.3. The number of nitrogens with zero attached hydrogens (tertiary/aromatic N) is 5. The third-order valence-corrected chi connectivity index (χ3v) is 6.02. The normalized spacial score (nSPS) is 16.1. The summed E-state index contributed by atoms with van der Waals surface area (Å²) in [6, 6.07) is 5.16. The van der Waals surface area contributed by atoms with Crippen molar-refractivity contribution >= 4 is 17.4 Å². The van der Waals surface area contributed by atoms with Crippen LogP contribution in [0.4, 0.5) is 0 Å². The van der Waals surface area contributed by atoms with Crippen molar-refractivity contribution in [3.8, 4) is 23.3 Å². The lowest BCUT2D eigenvalue weighted by atomic mass is 10.2. The zero-order valence-corrected chi connectivity index (χ0v) is 20.6. The Hall–Kier alpha value is -4.98. The molecule has 2 aromatic heterocycles. The van der Waals surface area contributed by atoms with Gasteiger partial charge in [-0.25, -0.2) is 4.99 Å². The quantitative estimate of drug-likeness (QED) is 0.381. The third kappa shape index (κ3) is 4.40. The number of methoxy groups -OCH3 is 2. The fourth-order valence-corrected chi connectivity index (χ4v) is 4.28. The highest BCUT2D eigenvalue weighted by atomic mass is 16.5. The number of carbonyl (C=O) groups is 1. The zero-order chi connectivity index (χ0) is 26.1. The molecule has 0 bridgehead atoms. The van der Waals surface area contributed by atoms with E-state index in [-0.39, 0.29) is 17.8 Å². The molecule has 0 saturated heterocycles. The van der Waals surface area contributed by atoms with Crippen molar-refractivity contribution in [3.05, 3.63) is 76.7 Å². The zero-order valence-electron chi connectivity index (χ0n) is 20.6. The number of aryl methyl sites for hydroxylation is 1. The first-order valence-electron chi connectivity index (χ1n) is 11.4. The summed E-state index contributed by atoms with van der Waals surface area (Å²) in [5, 5.41) is 11.8. The molecule has 37 heavy (non-hydrogen) atoms. The first kappa shape index (κ1) is 23.7. The van der Waals surface area contributed by atoms with E-state index >= 15 is 0 Å². The van der Waals surface area contributed by atoms with E-state index in [9.17, 15) is 4.79 Å². The Labute approximate surface area is 212 Å². The second kappa shape index (κ2) is 9.58. The van der Waals surface area contributed by atoms with Crippen LogP contribution in [0.3, 0.4) is 0 Å². The number of aromatic nitrogens is 3. The lowest BCUT2D eigenvalue weighted by molar-refractivity contribution is -0.122. The average Bonchev–Trinajstić information content (AvgIpc) is 3.63. The molecule has 11 nitrogen and oxygen atoms in total. The van der Waals surface area contributed by atoms with Crippen LogP contribution in [0.1, 0.15) is 29.0 Å². The Morgan fingerprint density at radius 3 is 2.65 bits per heavy atom. The molecule has 0 spiro atoms. The van der Waals surface area contributed by atoms with Gasteiger partial charge in [-0.1, -0.05) is 18.4 Å². The van der Waals surface area contributed by atoms with Gasteiger partial charge in [0.15, 0.2) is 0 Å². The fraction of sp³-hybridized carbons (Fsp3) is 0.231. The molecule has 3 N–H and O–H groups in total. The minimum absolute atomic E-state index is 0.257. The molecule has 1 amide bonds. The largest absolute Gasteiger partial charge is 0.497 e. The van der Waals surface area contributed by atoms with Crippen molar-refractivity contribution in [2.45, 2.75) is 13.0 Å². The van der Waals surface area contributed by atoms with Crippen LogP contribution >= 0.6 is 0 Å². The topological polar surface area (TPSA) is 133 Å². The van der Waals surface area contributed by atoms with E-state index < -0.39 is 0 Å². The van der Waals surface area contributed by atoms with Gasteiger partial charge in [-0.15, -0.1) is 10.2 Å². The van der Waals surface area contributed by atoms with Crippen molar-refractivity contribution in [2.24, 2.45) is 10.7 Å². The molecule has 0 saturated carbocycles. The Bertz CT molecular complexity index is 1600. The number of hydrogen-bond donors (Lipinski definition) is 2. The van der Waals surface area contributed by atoms with Gasteiger partial charge in [0.1, 0.15) is 35.2 Å². The first-order chi connectivity index (χ1) is 17.9. The monoisotopic (exact) mass is 499 g/mol. The molecular weight excluding hydrogens is 474 g/mol. The maximum Gasteiger partial charge on any atom is 0.264 e. The third-order valence-electron chi connectivity index (χ3n) is 6.02. The average molecular weight is 500 g/mol. The molecule has 188 valence electrons. The van der Waals surface area contributed by atoms with E-state index in [1.54, 1.807) is 32.1 Å². The smallest absolute Gasteiger partial charge is 0.264 e. The van der Waals surface area contributed by atoms with Crippen molar-refractivity contribution < 1.29 is 18.7 Å². The van der Waals surface area contributed by atoms with E-state index in [1.165, 1.54) is 6.08 Å². The Balaban J connectivity index is 1.61. The molecule has 2 aliphatic heterocycles. The van der Waals surface area contributed by atoms with Gasteiger partial charge in [0, 0.05) is 24.8 Å². The van der Waals surface area contributed by atoms with Gasteiger partial charge in [-0.3, -0.25) is 4.79 Å². The minimum atomic E-state index is -0.276. The molecule has 1 atom stereocenters. The van der Waals surface area contributed by atoms with Gasteiger partial charge in [0.05, 0.1) is 37.6 Å². The maximum atomic E-state index is 12.7. The molecule has 0 radical (unpaired) electrons. The predicted octanol–water partition coefficient (Wildman–Crippen LogP) is 0.412. The van der Waals surface area contributed by atoms with Crippen molar-refractivity contribution in [1.82, 2.24) is 25.0 Å². The molecular formula is C26H25N7O4. The van der Waals surface area contributed by atoms with E-state index in [0.717, 1.165) is 5.56 Å². The lowest BCUT2D eigenvalue weighted by Gasteiger charge is -2.18. The summed E-state index contributed by atoms with van der Waals surface area (Å²) in [6.45, 7) is 5.97. The molecule has 3 aromatic rings. The molecule has 11 heteroatoms. The van der Waals surface area contributed by atoms with Crippen LogP contribution in [-0.2, 0) is 4.79 Å². The number of ether oxygens (including phenoxy) is 2. The number of rotatable bonds is 5. The van der Waals surface area contributed by atoms with Crippen LogP contribution < -0.4 is 31.2 Å². The Morgan fingerprint density at radius 2 is 2.00 bits per heavy atom. The molecule has 1 aromatic carbocycles. The number of hydrogen-bond acceptors (Lipinski definition) is 9. The maximum absolute atomic E-state index is 12.7. The van der Waals surface area contributed by atoms with Crippen LogP contribution in [0.2, 0.25) is 0 Å². The molecule has 0 unspecified atom stereocenters. The highest BCUT2D eigenvalue weighted by Crippen LogP contribution is 2.30. The van der Waals surface area contributed by atoms with Crippen LogP contribution in [0, 0.1) is 18.8 Å².